The maximum absolute atomic E-state index is 12.3. The number of rotatable bonds is 5. The minimum atomic E-state index is -4.45. The second-order valence-electron chi connectivity index (χ2n) is 5.10. The molecule has 1 amide bonds. The number of ether oxygens (including phenoxy) is 1. The molecule has 0 saturated heterocycles. The number of nitrogens with zero attached hydrogens (tertiary/aromatic N) is 1. The van der Waals surface area contributed by atoms with Crippen LogP contribution < -0.4 is 15.8 Å². The molecule has 8 heteroatoms. The Labute approximate surface area is 136 Å². The Morgan fingerprint density at radius 3 is 2.67 bits per heavy atom. The number of halogens is 3. The van der Waals surface area contributed by atoms with E-state index < -0.39 is 24.7 Å². The van der Waals surface area contributed by atoms with Crippen molar-refractivity contribution in [1.82, 2.24) is 4.98 Å². The number of benzene rings is 1. The molecular formula is C16H16F3N3O2. The number of pyridine rings is 1. The van der Waals surface area contributed by atoms with Crippen LogP contribution in [-0.4, -0.2) is 29.7 Å². The molecule has 0 bridgehead atoms. The van der Waals surface area contributed by atoms with Gasteiger partial charge in [0.1, 0.15) is 5.75 Å². The van der Waals surface area contributed by atoms with Gasteiger partial charge in [0, 0.05) is 17.8 Å². The van der Waals surface area contributed by atoms with Crippen molar-refractivity contribution >= 4 is 11.6 Å². The monoisotopic (exact) mass is 339 g/mol. The SMILES string of the molecule is CC(N)C(=O)Nc1cc(OCC(F)(F)F)ccc1-c1ccccn1. The first-order valence-corrected chi connectivity index (χ1v) is 7.08. The molecule has 1 aromatic heterocycles. The van der Waals surface area contributed by atoms with E-state index in [2.05, 4.69) is 10.3 Å². The zero-order chi connectivity index (χ0) is 17.7. The number of amides is 1. The van der Waals surface area contributed by atoms with Crippen LogP contribution >= 0.6 is 0 Å². The highest BCUT2D eigenvalue weighted by Crippen LogP contribution is 2.31. The predicted octanol–water partition coefficient (Wildman–Crippen LogP) is 2.98. The second-order valence-corrected chi connectivity index (χ2v) is 5.10. The summed E-state index contributed by atoms with van der Waals surface area (Å²) in [6.45, 7) is 0.0798. The molecule has 1 unspecified atom stereocenters. The van der Waals surface area contributed by atoms with Crippen molar-refractivity contribution in [3.63, 3.8) is 0 Å². The van der Waals surface area contributed by atoms with Gasteiger partial charge in [-0.25, -0.2) is 0 Å². The van der Waals surface area contributed by atoms with Crippen LogP contribution in [0.2, 0.25) is 0 Å². The Morgan fingerprint density at radius 2 is 2.08 bits per heavy atom. The van der Waals surface area contributed by atoms with Crippen LogP contribution in [0.25, 0.3) is 11.3 Å². The summed E-state index contributed by atoms with van der Waals surface area (Å²) in [7, 11) is 0. The van der Waals surface area contributed by atoms with E-state index in [0.29, 0.717) is 11.3 Å². The van der Waals surface area contributed by atoms with Crippen LogP contribution in [0.5, 0.6) is 5.75 Å². The smallest absolute Gasteiger partial charge is 0.422 e. The Kier molecular flexibility index (Phi) is 5.40. The molecule has 0 saturated carbocycles. The molecular weight excluding hydrogens is 323 g/mol. The van der Waals surface area contributed by atoms with Gasteiger partial charge in [-0.05, 0) is 31.2 Å². The molecule has 1 aromatic carbocycles. The molecule has 0 radical (unpaired) electrons. The van der Waals surface area contributed by atoms with Crippen molar-refractivity contribution in [2.24, 2.45) is 5.73 Å². The van der Waals surface area contributed by atoms with E-state index in [-0.39, 0.29) is 11.4 Å². The lowest BCUT2D eigenvalue weighted by Gasteiger charge is -2.15. The lowest BCUT2D eigenvalue weighted by atomic mass is 10.1. The summed E-state index contributed by atoms with van der Waals surface area (Å²) in [5.41, 5.74) is 6.89. The standard InChI is InChI=1S/C16H16F3N3O2/c1-10(20)15(23)22-14-8-11(24-9-16(17,18)19)5-6-12(14)13-4-2-3-7-21-13/h2-8,10H,9,20H2,1H3,(H,22,23). The third-order valence-corrected chi connectivity index (χ3v) is 3.01. The van der Waals surface area contributed by atoms with Gasteiger partial charge in [0.25, 0.3) is 0 Å². The number of aromatic nitrogens is 1. The first-order chi connectivity index (χ1) is 11.3. The van der Waals surface area contributed by atoms with Crippen LogP contribution in [0.4, 0.5) is 18.9 Å². The fourth-order valence-electron chi connectivity index (χ4n) is 1.87. The van der Waals surface area contributed by atoms with Gasteiger partial charge in [-0.2, -0.15) is 13.2 Å². The van der Waals surface area contributed by atoms with Crippen LogP contribution in [0.15, 0.2) is 42.6 Å². The van der Waals surface area contributed by atoms with E-state index in [1.807, 2.05) is 0 Å². The van der Waals surface area contributed by atoms with E-state index >= 15 is 0 Å². The molecule has 0 aliphatic rings. The topological polar surface area (TPSA) is 77.2 Å². The fourth-order valence-corrected chi connectivity index (χ4v) is 1.87. The maximum atomic E-state index is 12.3. The lowest BCUT2D eigenvalue weighted by Crippen LogP contribution is -2.32. The zero-order valence-corrected chi connectivity index (χ0v) is 12.8. The highest BCUT2D eigenvalue weighted by molar-refractivity contribution is 5.98. The molecule has 2 aromatic rings. The molecule has 0 spiro atoms. The van der Waals surface area contributed by atoms with Crippen LogP contribution in [0.3, 0.4) is 0 Å². The summed E-state index contributed by atoms with van der Waals surface area (Å²) in [5.74, 6) is -0.493. The summed E-state index contributed by atoms with van der Waals surface area (Å²) < 4.78 is 41.6. The molecule has 5 nitrogen and oxygen atoms in total. The van der Waals surface area contributed by atoms with Crippen molar-refractivity contribution in [3.05, 3.63) is 42.6 Å². The summed E-state index contributed by atoms with van der Waals surface area (Å²) in [5, 5.41) is 2.58. The number of anilines is 1. The van der Waals surface area contributed by atoms with Gasteiger partial charge in [0.15, 0.2) is 6.61 Å². The number of carbonyl (C=O) groups is 1. The summed E-state index contributed by atoms with van der Waals surface area (Å²) in [6.07, 6.45) is -2.88. The molecule has 0 aliphatic heterocycles. The minimum Gasteiger partial charge on any atom is -0.484 e. The van der Waals surface area contributed by atoms with Gasteiger partial charge in [-0.1, -0.05) is 6.07 Å². The number of hydrogen-bond donors (Lipinski definition) is 2. The van der Waals surface area contributed by atoms with Crippen LogP contribution in [0.1, 0.15) is 6.92 Å². The first-order valence-electron chi connectivity index (χ1n) is 7.08. The van der Waals surface area contributed by atoms with Gasteiger partial charge in [-0.15, -0.1) is 0 Å². The third kappa shape index (κ3) is 4.95. The summed E-state index contributed by atoms with van der Waals surface area (Å²) >= 11 is 0. The van der Waals surface area contributed by atoms with E-state index in [9.17, 15) is 18.0 Å². The highest BCUT2D eigenvalue weighted by atomic mass is 19.4. The summed E-state index contributed by atoms with van der Waals surface area (Å²) in [6, 6.07) is 8.66. The molecule has 128 valence electrons. The average Bonchev–Trinajstić information content (AvgIpc) is 2.53. The van der Waals surface area contributed by atoms with E-state index in [1.165, 1.54) is 25.1 Å². The minimum absolute atomic E-state index is 0.0213. The first kappa shape index (κ1) is 17.7. The lowest BCUT2D eigenvalue weighted by molar-refractivity contribution is -0.153. The summed E-state index contributed by atoms with van der Waals surface area (Å²) in [4.78, 5) is 16.0. The maximum Gasteiger partial charge on any atom is 0.422 e. The van der Waals surface area contributed by atoms with Crippen LogP contribution in [-0.2, 0) is 4.79 Å². The Morgan fingerprint density at radius 1 is 1.33 bits per heavy atom. The Balaban J connectivity index is 2.34. The van der Waals surface area contributed by atoms with Gasteiger partial charge in [0.2, 0.25) is 5.91 Å². The van der Waals surface area contributed by atoms with Gasteiger partial charge >= 0.3 is 6.18 Å². The fraction of sp³-hybridized carbons (Fsp3) is 0.250. The second kappa shape index (κ2) is 7.31. The van der Waals surface area contributed by atoms with Crippen molar-refractivity contribution in [2.45, 2.75) is 19.1 Å². The molecule has 1 heterocycles. The molecule has 0 aliphatic carbocycles. The highest BCUT2D eigenvalue weighted by Gasteiger charge is 2.28. The van der Waals surface area contributed by atoms with Crippen molar-refractivity contribution in [3.8, 4) is 17.0 Å². The van der Waals surface area contributed by atoms with E-state index in [4.69, 9.17) is 10.5 Å². The number of nitrogens with one attached hydrogen (secondary N) is 1. The zero-order valence-electron chi connectivity index (χ0n) is 12.8. The molecule has 2 rings (SSSR count). The van der Waals surface area contributed by atoms with Crippen molar-refractivity contribution in [1.29, 1.82) is 0 Å². The van der Waals surface area contributed by atoms with Gasteiger partial charge in [0.05, 0.1) is 17.4 Å². The van der Waals surface area contributed by atoms with Gasteiger partial charge < -0.3 is 15.8 Å². The number of hydrogen-bond acceptors (Lipinski definition) is 4. The number of carbonyl (C=O) groups excluding carboxylic acids is 1. The molecule has 24 heavy (non-hydrogen) atoms. The third-order valence-electron chi connectivity index (χ3n) is 3.01. The van der Waals surface area contributed by atoms with Crippen LogP contribution in [0, 0.1) is 0 Å². The number of nitrogens with two attached hydrogens (primary N) is 1. The molecule has 0 fully saturated rings. The number of alkyl halides is 3. The molecule has 3 N–H and O–H groups in total. The largest absolute Gasteiger partial charge is 0.484 e. The van der Waals surface area contributed by atoms with E-state index in [1.54, 1.807) is 24.4 Å². The van der Waals surface area contributed by atoms with Gasteiger partial charge in [-0.3, -0.25) is 9.78 Å². The predicted molar refractivity (Wildman–Crippen MR) is 83.5 cm³/mol. The van der Waals surface area contributed by atoms with E-state index in [0.717, 1.165) is 0 Å². The van der Waals surface area contributed by atoms with Crippen molar-refractivity contribution in [2.75, 3.05) is 11.9 Å². The quantitative estimate of drug-likeness (QED) is 0.878. The van der Waals surface area contributed by atoms with Crippen molar-refractivity contribution < 1.29 is 22.7 Å². The molecule has 1 atom stereocenters. The average molecular weight is 339 g/mol. The Hall–Kier alpha value is -2.61. The Bertz CT molecular complexity index is 703. The normalized spacial score (nSPS) is 12.5.